The molecule has 0 aliphatic carbocycles. The van der Waals surface area contributed by atoms with Gasteiger partial charge in [-0.25, -0.2) is 8.42 Å². The van der Waals surface area contributed by atoms with Gasteiger partial charge in [-0.3, -0.25) is 9.55 Å². The highest BCUT2D eigenvalue weighted by molar-refractivity contribution is 8.13. The summed E-state index contributed by atoms with van der Waals surface area (Å²) in [5.74, 6) is 0.448. The average Bonchev–Trinajstić information content (AvgIpc) is 2.74. The van der Waals surface area contributed by atoms with Crippen molar-refractivity contribution in [2.45, 2.75) is 25.0 Å². The zero-order valence-electron chi connectivity index (χ0n) is 9.62. The molecule has 0 saturated carbocycles. The van der Waals surface area contributed by atoms with Crippen LogP contribution in [0.5, 0.6) is 0 Å². The van der Waals surface area contributed by atoms with Crippen molar-refractivity contribution in [3.05, 3.63) is 24.5 Å². The third kappa shape index (κ3) is 2.51. The Morgan fingerprint density at radius 3 is 2.72 bits per heavy atom. The molecule has 0 N–H and O–H groups in total. The van der Waals surface area contributed by atoms with Crippen molar-refractivity contribution < 1.29 is 8.42 Å². The zero-order valence-corrected chi connectivity index (χ0v) is 11.2. The van der Waals surface area contributed by atoms with Crippen molar-refractivity contribution in [2.24, 2.45) is 0 Å². The summed E-state index contributed by atoms with van der Waals surface area (Å²) in [7, 11) is 1.43. The Hall–Kier alpha value is -1.47. The van der Waals surface area contributed by atoms with Gasteiger partial charge >= 0.3 is 0 Å². The van der Waals surface area contributed by atoms with Gasteiger partial charge in [0.05, 0.1) is 0 Å². The second-order valence-electron chi connectivity index (χ2n) is 3.64. The predicted octanol–water partition coefficient (Wildman–Crippen LogP) is 1.68. The molecule has 2 aromatic heterocycles. The van der Waals surface area contributed by atoms with Gasteiger partial charge < -0.3 is 0 Å². The summed E-state index contributed by atoms with van der Waals surface area (Å²) in [6.07, 6.45) is 3.97. The highest BCUT2D eigenvalue weighted by atomic mass is 35.7. The minimum absolute atomic E-state index is 0.232. The molecule has 96 valence electrons. The van der Waals surface area contributed by atoms with Crippen LogP contribution < -0.4 is 0 Å². The molecule has 0 amide bonds. The fourth-order valence-corrected chi connectivity index (χ4v) is 2.52. The second-order valence-corrected chi connectivity index (χ2v) is 6.10. The van der Waals surface area contributed by atoms with Gasteiger partial charge in [0, 0.05) is 35.2 Å². The van der Waals surface area contributed by atoms with Gasteiger partial charge in [0.15, 0.2) is 5.82 Å². The summed E-state index contributed by atoms with van der Waals surface area (Å²) in [5, 5.41) is 7.30. The van der Waals surface area contributed by atoms with E-state index in [2.05, 4.69) is 15.2 Å². The van der Waals surface area contributed by atoms with Crippen LogP contribution in [0, 0.1) is 0 Å². The summed E-state index contributed by atoms with van der Waals surface area (Å²) in [4.78, 5) is 3.97. The lowest BCUT2D eigenvalue weighted by atomic mass is 10.2. The van der Waals surface area contributed by atoms with E-state index in [1.54, 1.807) is 24.5 Å². The first-order chi connectivity index (χ1) is 8.54. The van der Waals surface area contributed by atoms with E-state index in [0.29, 0.717) is 17.9 Å². The number of aromatic nitrogens is 4. The highest BCUT2D eigenvalue weighted by Gasteiger charge is 2.22. The largest absolute Gasteiger partial charge is 0.297 e. The summed E-state index contributed by atoms with van der Waals surface area (Å²) in [5.41, 5.74) is 0.699. The Morgan fingerprint density at radius 2 is 2.17 bits per heavy atom. The van der Waals surface area contributed by atoms with Gasteiger partial charge in [0.25, 0.3) is 14.2 Å². The van der Waals surface area contributed by atoms with Crippen molar-refractivity contribution in [1.29, 1.82) is 0 Å². The van der Waals surface area contributed by atoms with Crippen LogP contribution in [0.25, 0.3) is 11.4 Å². The van der Waals surface area contributed by atoms with Gasteiger partial charge in [-0.2, -0.15) is 0 Å². The molecule has 18 heavy (non-hydrogen) atoms. The zero-order chi connectivity index (χ0) is 13.2. The van der Waals surface area contributed by atoms with Crippen LogP contribution in [0.2, 0.25) is 0 Å². The second kappa shape index (κ2) is 5.03. The fraction of sp³-hybridized carbons (Fsp3) is 0.300. The van der Waals surface area contributed by atoms with E-state index in [-0.39, 0.29) is 5.16 Å². The van der Waals surface area contributed by atoms with E-state index in [9.17, 15) is 8.42 Å². The smallest absolute Gasteiger partial charge is 0.296 e. The highest BCUT2D eigenvalue weighted by Crippen LogP contribution is 2.21. The third-order valence-electron chi connectivity index (χ3n) is 2.30. The van der Waals surface area contributed by atoms with Crippen LogP contribution in [-0.4, -0.2) is 28.2 Å². The summed E-state index contributed by atoms with van der Waals surface area (Å²) in [6.45, 7) is 2.40. The van der Waals surface area contributed by atoms with E-state index < -0.39 is 9.05 Å². The first-order valence-corrected chi connectivity index (χ1v) is 7.63. The van der Waals surface area contributed by atoms with E-state index in [4.69, 9.17) is 10.7 Å². The Bertz CT molecular complexity index is 639. The van der Waals surface area contributed by atoms with Gasteiger partial charge in [-0.1, -0.05) is 6.92 Å². The number of hydrogen-bond acceptors (Lipinski definition) is 5. The molecule has 0 atom stereocenters. The molecule has 2 rings (SSSR count). The van der Waals surface area contributed by atoms with E-state index in [0.717, 1.165) is 6.42 Å². The molecule has 0 aliphatic rings. The lowest BCUT2D eigenvalue weighted by Crippen LogP contribution is -2.07. The molecule has 6 nitrogen and oxygen atoms in total. The van der Waals surface area contributed by atoms with Crippen molar-refractivity contribution in [1.82, 2.24) is 19.7 Å². The minimum atomic E-state index is -3.90. The first-order valence-electron chi connectivity index (χ1n) is 5.32. The van der Waals surface area contributed by atoms with Gasteiger partial charge in [-0.15, -0.1) is 10.2 Å². The van der Waals surface area contributed by atoms with Crippen LogP contribution in [0.15, 0.2) is 29.7 Å². The number of rotatable bonds is 4. The normalized spacial score (nSPS) is 11.7. The molecule has 0 spiro atoms. The summed E-state index contributed by atoms with van der Waals surface area (Å²) < 4.78 is 24.3. The van der Waals surface area contributed by atoms with Crippen LogP contribution in [-0.2, 0) is 15.6 Å². The summed E-state index contributed by atoms with van der Waals surface area (Å²) >= 11 is 0. The SMILES string of the molecule is CCCn1c(-c2cccnc2)nnc1S(=O)(=O)Cl. The quantitative estimate of drug-likeness (QED) is 0.799. The maximum atomic E-state index is 11.4. The lowest BCUT2D eigenvalue weighted by molar-refractivity contribution is 0.570. The Balaban J connectivity index is 2.60. The van der Waals surface area contributed by atoms with Gasteiger partial charge in [0.2, 0.25) is 0 Å². The van der Waals surface area contributed by atoms with Crippen LogP contribution in [0.3, 0.4) is 0 Å². The molecule has 8 heteroatoms. The number of nitrogens with zero attached hydrogens (tertiary/aromatic N) is 4. The van der Waals surface area contributed by atoms with Crippen molar-refractivity contribution in [3.63, 3.8) is 0 Å². The summed E-state index contributed by atoms with van der Waals surface area (Å²) in [6, 6.07) is 3.53. The van der Waals surface area contributed by atoms with Crippen LogP contribution >= 0.6 is 10.7 Å². The monoisotopic (exact) mass is 286 g/mol. The van der Waals surface area contributed by atoms with E-state index >= 15 is 0 Å². The standard InChI is InChI=1S/C10H11ClN4O2S/c1-2-6-15-9(8-4-3-5-12-7-8)13-14-10(15)18(11,16)17/h3-5,7H,2,6H2,1H3. The topological polar surface area (TPSA) is 77.7 Å². The molecule has 2 aromatic rings. The molecular weight excluding hydrogens is 276 g/mol. The first kappa shape index (κ1) is 13.0. The van der Waals surface area contributed by atoms with Crippen molar-refractivity contribution in [3.8, 4) is 11.4 Å². The third-order valence-corrected chi connectivity index (χ3v) is 3.45. The number of hydrogen-bond donors (Lipinski definition) is 0. The molecule has 0 aliphatic heterocycles. The molecule has 0 fully saturated rings. The molecule has 0 saturated heterocycles. The maximum Gasteiger partial charge on any atom is 0.296 e. The van der Waals surface area contributed by atoms with Crippen LogP contribution in [0.1, 0.15) is 13.3 Å². The maximum absolute atomic E-state index is 11.4. The Morgan fingerprint density at radius 1 is 1.39 bits per heavy atom. The average molecular weight is 287 g/mol. The number of pyridine rings is 1. The van der Waals surface area contributed by atoms with Crippen molar-refractivity contribution >= 4 is 19.7 Å². The minimum Gasteiger partial charge on any atom is -0.297 e. The van der Waals surface area contributed by atoms with Crippen LogP contribution in [0.4, 0.5) is 0 Å². The molecule has 2 heterocycles. The fourth-order valence-electron chi connectivity index (χ4n) is 1.60. The molecule has 0 bridgehead atoms. The molecular formula is C10H11ClN4O2S. The van der Waals surface area contributed by atoms with E-state index in [1.165, 1.54) is 4.57 Å². The van der Waals surface area contributed by atoms with Crippen molar-refractivity contribution in [2.75, 3.05) is 0 Å². The van der Waals surface area contributed by atoms with Gasteiger partial charge in [-0.05, 0) is 18.6 Å². The molecule has 0 radical (unpaired) electrons. The van der Waals surface area contributed by atoms with Gasteiger partial charge in [0.1, 0.15) is 0 Å². The lowest BCUT2D eigenvalue weighted by Gasteiger charge is -2.06. The molecule has 0 unspecified atom stereocenters. The Labute approximate surface area is 109 Å². The molecule has 0 aromatic carbocycles. The predicted molar refractivity (Wildman–Crippen MR) is 66.6 cm³/mol. The van der Waals surface area contributed by atoms with E-state index in [1.807, 2.05) is 6.92 Å². The number of halogens is 1. The Kier molecular flexibility index (Phi) is 3.63.